The number of fused-ring (bicyclic) bond motifs is 1. The molecular formula is C23H18BrNO. The third-order valence-electron chi connectivity index (χ3n) is 4.40. The molecule has 0 unspecified atom stereocenters. The summed E-state index contributed by atoms with van der Waals surface area (Å²) in [7, 11) is 1.69. The van der Waals surface area contributed by atoms with E-state index in [2.05, 4.69) is 93.6 Å². The van der Waals surface area contributed by atoms with Gasteiger partial charge in [-0.1, -0.05) is 54.6 Å². The molecule has 0 saturated carbocycles. The summed E-state index contributed by atoms with van der Waals surface area (Å²) in [5.41, 5.74) is 3.26. The van der Waals surface area contributed by atoms with Crippen LogP contribution in [0.2, 0.25) is 0 Å². The van der Waals surface area contributed by atoms with Crippen LogP contribution in [0, 0.1) is 0 Å². The average molecular weight is 404 g/mol. The van der Waals surface area contributed by atoms with E-state index in [1.165, 1.54) is 10.8 Å². The van der Waals surface area contributed by atoms with E-state index in [1.807, 2.05) is 18.2 Å². The summed E-state index contributed by atoms with van der Waals surface area (Å²) in [4.78, 5) is 2.26. The molecule has 0 bridgehead atoms. The van der Waals surface area contributed by atoms with Crippen LogP contribution in [0.25, 0.3) is 10.8 Å². The fraction of sp³-hybridized carbons (Fsp3) is 0.0435. The number of para-hydroxylation sites is 1. The summed E-state index contributed by atoms with van der Waals surface area (Å²) in [6.07, 6.45) is 0. The van der Waals surface area contributed by atoms with Crippen LogP contribution in [-0.4, -0.2) is 7.11 Å². The van der Waals surface area contributed by atoms with Gasteiger partial charge in [-0.2, -0.15) is 0 Å². The van der Waals surface area contributed by atoms with Crippen LogP contribution in [0.15, 0.2) is 95.5 Å². The van der Waals surface area contributed by atoms with Gasteiger partial charge in [0.15, 0.2) is 0 Å². The molecule has 0 amide bonds. The molecule has 4 aromatic rings. The van der Waals surface area contributed by atoms with Crippen molar-refractivity contribution >= 4 is 43.8 Å². The van der Waals surface area contributed by atoms with Crippen molar-refractivity contribution in [3.63, 3.8) is 0 Å². The van der Waals surface area contributed by atoms with Gasteiger partial charge in [-0.3, -0.25) is 0 Å². The molecule has 0 aliphatic rings. The minimum Gasteiger partial charge on any atom is -0.497 e. The largest absolute Gasteiger partial charge is 0.497 e. The third-order valence-corrected chi connectivity index (χ3v) is 5.04. The maximum Gasteiger partial charge on any atom is 0.120 e. The van der Waals surface area contributed by atoms with Gasteiger partial charge >= 0.3 is 0 Å². The van der Waals surface area contributed by atoms with E-state index in [0.717, 1.165) is 27.3 Å². The molecule has 0 atom stereocenters. The van der Waals surface area contributed by atoms with Crippen molar-refractivity contribution in [3.8, 4) is 5.75 Å². The van der Waals surface area contributed by atoms with Crippen LogP contribution >= 0.6 is 15.9 Å². The number of methoxy groups -OCH3 is 1. The molecule has 0 saturated heterocycles. The average Bonchev–Trinajstić information content (AvgIpc) is 2.71. The van der Waals surface area contributed by atoms with E-state index in [9.17, 15) is 0 Å². The molecule has 26 heavy (non-hydrogen) atoms. The fourth-order valence-corrected chi connectivity index (χ4v) is 3.71. The highest BCUT2D eigenvalue weighted by atomic mass is 79.9. The second-order valence-corrected chi connectivity index (χ2v) is 6.84. The van der Waals surface area contributed by atoms with Crippen LogP contribution in [0.5, 0.6) is 5.75 Å². The van der Waals surface area contributed by atoms with E-state index in [4.69, 9.17) is 4.74 Å². The molecule has 0 spiro atoms. The van der Waals surface area contributed by atoms with E-state index in [-0.39, 0.29) is 0 Å². The maximum absolute atomic E-state index is 5.46. The zero-order valence-electron chi connectivity index (χ0n) is 14.4. The molecule has 3 heteroatoms. The molecule has 0 aliphatic carbocycles. The zero-order valence-corrected chi connectivity index (χ0v) is 16.0. The van der Waals surface area contributed by atoms with Gasteiger partial charge in [0.25, 0.3) is 0 Å². The van der Waals surface area contributed by atoms with Gasteiger partial charge in [0.1, 0.15) is 5.75 Å². The molecule has 0 aliphatic heterocycles. The Balaban J connectivity index is 2.02. The van der Waals surface area contributed by atoms with Crippen molar-refractivity contribution in [1.82, 2.24) is 0 Å². The highest BCUT2D eigenvalue weighted by Crippen LogP contribution is 2.43. The number of rotatable bonds is 4. The molecule has 0 aromatic heterocycles. The van der Waals surface area contributed by atoms with E-state index >= 15 is 0 Å². The molecule has 0 fully saturated rings. The van der Waals surface area contributed by atoms with Gasteiger partial charge in [-0.05, 0) is 51.6 Å². The maximum atomic E-state index is 5.46. The highest BCUT2D eigenvalue weighted by molar-refractivity contribution is 9.10. The number of benzene rings is 4. The number of ether oxygens (including phenoxy) is 1. The zero-order chi connectivity index (χ0) is 17.9. The summed E-state index contributed by atoms with van der Waals surface area (Å²) < 4.78 is 6.50. The van der Waals surface area contributed by atoms with Gasteiger partial charge < -0.3 is 9.64 Å². The lowest BCUT2D eigenvalue weighted by atomic mass is 10.1. The fourth-order valence-electron chi connectivity index (χ4n) is 3.19. The number of halogens is 1. The smallest absolute Gasteiger partial charge is 0.120 e. The van der Waals surface area contributed by atoms with E-state index < -0.39 is 0 Å². The van der Waals surface area contributed by atoms with Crippen molar-refractivity contribution in [2.24, 2.45) is 0 Å². The molecule has 128 valence electrons. The molecule has 4 rings (SSSR count). The van der Waals surface area contributed by atoms with Crippen LogP contribution in [0.4, 0.5) is 17.1 Å². The van der Waals surface area contributed by atoms with Crippen LogP contribution in [0.1, 0.15) is 0 Å². The minimum absolute atomic E-state index is 0.833. The van der Waals surface area contributed by atoms with Gasteiger partial charge in [0, 0.05) is 27.3 Å². The number of anilines is 3. The van der Waals surface area contributed by atoms with Crippen molar-refractivity contribution < 1.29 is 4.74 Å². The molecule has 0 radical (unpaired) electrons. The predicted octanol–water partition coefficient (Wildman–Crippen LogP) is 7.08. The standard InChI is InChI=1S/C23H18BrNO/c1-26-20-12-7-11-19(16-20)25(18-9-3-2-4-10-18)23-21-13-6-5-8-17(21)14-15-22(23)24/h2-16H,1H3. The van der Waals surface area contributed by atoms with Crippen molar-refractivity contribution in [2.75, 3.05) is 12.0 Å². The third kappa shape index (κ3) is 3.06. The van der Waals surface area contributed by atoms with Gasteiger partial charge in [0.05, 0.1) is 12.8 Å². The summed E-state index contributed by atoms with van der Waals surface area (Å²) >= 11 is 3.78. The number of hydrogen-bond acceptors (Lipinski definition) is 2. The van der Waals surface area contributed by atoms with Crippen LogP contribution < -0.4 is 9.64 Å². The Kier molecular flexibility index (Phi) is 4.63. The first kappa shape index (κ1) is 16.7. The first-order valence-electron chi connectivity index (χ1n) is 8.44. The lowest BCUT2D eigenvalue weighted by Gasteiger charge is -2.28. The van der Waals surface area contributed by atoms with E-state index in [0.29, 0.717) is 0 Å². The second-order valence-electron chi connectivity index (χ2n) is 5.99. The Hall–Kier alpha value is -2.78. The first-order chi connectivity index (χ1) is 12.8. The molecule has 0 N–H and O–H groups in total. The quantitative estimate of drug-likeness (QED) is 0.360. The van der Waals surface area contributed by atoms with E-state index in [1.54, 1.807) is 7.11 Å². The van der Waals surface area contributed by atoms with Gasteiger partial charge in [0.2, 0.25) is 0 Å². The minimum atomic E-state index is 0.833. The molecular weight excluding hydrogens is 386 g/mol. The summed E-state index contributed by atoms with van der Waals surface area (Å²) in [6, 6.07) is 31.2. The topological polar surface area (TPSA) is 12.5 Å². The molecule has 0 heterocycles. The first-order valence-corrected chi connectivity index (χ1v) is 9.24. The number of hydrogen-bond donors (Lipinski definition) is 0. The predicted molar refractivity (Wildman–Crippen MR) is 113 cm³/mol. The van der Waals surface area contributed by atoms with Gasteiger partial charge in [-0.15, -0.1) is 0 Å². The van der Waals surface area contributed by atoms with Crippen LogP contribution in [0.3, 0.4) is 0 Å². The monoisotopic (exact) mass is 403 g/mol. The normalized spacial score (nSPS) is 10.7. The lowest BCUT2D eigenvalue weighted by Crippen LogP contribution is -2.11. The molecule has 2 nitrogen and oxygen atoms in total. The highest BCUT2D eigenvalue weighted by Gasteiger charge is 2.18. The van der Waals surface area contributed by atoms with Gasteiger partial charge in [-0.25, -0.2) is 0 Å². The Morgan fingerprint density at radius 3 is 2.27 bits per heavy atom. The molecule has 4 aromatic carbocycles. The Labute approximate surface area is 161 Å². The lowest BCUT2D eigenvalue weighted by molar-refractivity contribution is 0.415. The van der Waals surface area contributed by atoms with Crippen molar-refractivity contribution in [2.45, 2.75) is 0 Å². The van der Waals surface area contributed by atoms with Crippen LogP contribution in [-0.2, 0) is 0 Å². The second kappa shape index (κ2) is 7.22. The van der Waals surface area contributed by atoms with Crippen molar-refractivity contribution in [1.29, 1.82) is 0 Å². The SMILES string of the molecule is COc1cccc(N(c2ccccc2)c2c(Br)ccc3ccccc23)c1. The summed E-state index contributed by atoms with van der Waals surface area (Å²) in [5, 5.41) is 2.39. The Bertz CT molecular complexity index is 1050. The van der Waals surface area contributed by atoms with Crippen molar-refractivity contribution in [3.05, 3.63) is 95.5 Å². The Morgan fingerprint density at radius 2 is 1.46 bits per heavy atom. The Morgan fingerprint density at radius 1 is 0.731 bits per heavy atom. The summed E-state index contributed by atoms with van der Waals surface area (Å²) in [5.74, 6) is 0.833. The number of nitrogens with zero attached hydrogens (tertiary/aromatic N) is 1. The summed E-state index contributed by atoms with van der Waals surface area (Å²) in [6.45, 7) is 0.